The number of rotatable bonds is 17. The van der Waals surface area contributed by atoms with Crippen molar-refractivity contribution in [2.24, 2.45) is 12.0 Å². The van der Waals surface area contributed by atoms with Crippen LogP contribution in [0.1, 0.15) is 31.2 Å². The Hall–Kier alpha value is -4.80. The highest BCUT2D eigenvalue weighted by Crippen LogP contribution is 2.41. The molecule has 1 aliphatic rings. The van der Waals surface area contributed by atoms with Crippen LogP contribution in [0.25, 0.3) is 10.6 Å². The molecule has 49 heavy (non-hydrogen) atoms. The van der Waals surface area contributed by atoms with Crippen LogP contribution in [0, 0.1) is 20.2 Å². The second kappa shape index (κ2) is 17.6. The molecule has 3 aromatic rings. The van der Waals surface area contributed by atoms with Gasteiger partial charge in [-0.15, -0.1) is 0 Å². The summed E-state index contributed by atoms with van der Waals surface area (Å²) in [4.78, 5) is 31.7. The molecule has 15 nitrogen and oxygen atoms in total. The van der Waals surface area contributed by atoms with Crippen molar-refractivity contribution >= 4 is 17.0 Å². The van der Waals surface area contributed by atoms with Gasteiger partial charge < -0.3 is 31.1 Å². The molecule has 0 atom stereocenters. The number of aryl methyl sites for hydroxylation is 1. The first-order chi connectivity index (χ1) is 23.4. The van der Waals surface area contributed by atoms with E-state index in [0.717, 1.165) is 72.1 Å². The molecule has 1 aromatic heterocycles. The molecule has 264 valence electrons. The van der Waals surface area contributed by atoms with Gasteiger partial charge in [-0.3, -0.25) is 20.2 Å². The molecule has 1 aliphatic carbocycles. The van der Waals surface area contributed by atoms with Gasteiger partial charge in [0.1, 0.15) is 5.01 Å². The van der Waals surface area contributed by atoms with Crippen LogP contribution in [-0.2, 0) is 12.6 Å². The predicted molar refractivity (Wildman–Crippen MR) is 192 cm³/mol. The van der Waals surface area contributed by atoms with E-state index in [4.69, 9.17) is 10.1 Å². The summed E-state index contributed by atoms with van der Waals surface area (Å²) >= 11 is 1.50. The minimum Gasteiger partial charge on any atom is -0.365 e. The highest BCUT2D eigenvalue weighted by atomic mass is 32.1. The largest absolute Gasteiger partial charge is 0.365 e. The van der Waals surface area contributed by atoms with Gasteiger partial charge in [-0.05, 0) is 83.7 Å². The molecule has 16 heteroatoms. The van der Waals surface area contributed by atoms with E-state index < -0.39 is 15.4 Å². The lowest BCUT2D eigenvalue weighted by Crippen LogP contribution is -2.43. The molecule has 4 N–H and O–H groups in total. The summed E-state index contributed by atoms with van der Waals surface area (Å²) in [5.74, 6) is 0.731. The minimum absolute atomic E-state index is 0.0619. The van der Waals surface area contributed by atoms with Crippen LogP contribution in [-0.4, -0.2) is 89.8 Å². The van der Waals surface area contributed by atoms with E-state index in [2.05, 4.69) is 33.4 Å². The lowest BCUT2D eigenvalue weighted by molar-refractivity contribution is -0.404. The topological polar surface area (TPSA) is 171 Å². The van der Waals surface area contributed by atoms with Crippen LogP contribution < -0.4 is 26.1 Å². The number of nitrogens with one attached hydrogen (secondary N) is 4. The van der Waals surface area contributed by atoms with E-state index in [-0.39, 0.29) is 6.04 Å². The molecule has 4 rings (SSSR count). The quantitative estimate of drug-likeness (QED) is 0.121. The fourth-order valence-electron chi connectivity index (χ4n) is 5.57. The average molecular weight is 694 g/mol. The number of nitro groups is 2. The van der Waals surface area contributed by atoms with Gasteiger partial charge in [-0.1, -0.05) is 41.7 Å². The van der Waals surface area contributed by atoms with Gasteiger partial charge in [0.2, 0.25) is 4.80 Å². The Morgan fingerprint density at radius 2 is 1.51 bits per heavy atom. The molecule has 0 aliphatic heterocycles. The minimum atomic E-state index is -0.486. The van der Waals surface area contributed by atoms with Crippen molar-refractivity contribution in [3.63, 3.8) is 0 Å². The van der Waals surface area contributed by atoms with Crippen molar-refractivity contribution in [2.75, 3.05) is 59.7 Å². The number of nitrogens with zero attached hydrogens (tertiary/aromatic N) is 7. The van der Waals surface area contributed by atoms with Crippen LogP contribution in [0.2, 0.25) is 0 Å². The van der Waals surface area contributed by atoms with E-state index in [1.54, 1.807) is 4.68 Å². The van der Waals surface area contributed by atoms with E-state index in [1.165, 1.54) is 11.3 Å². The second-order valence-electron chi connectivity index (χ2n) is 12.6. The molecule has 2 aromatic carbocycles. The summed E-state index contributed by atoms with van der Waals surface area (Å²) < 4.78 is 1.81. The first-order valence-electron chi connectivity index (χ1n) is 16.2. The number of benzene rings is 2. The molecule has 0 radical (unpaired) electrons. The average Bonchev–Trinajstić information content (AvgIpc) is 3.41. The standard InChI is InChI=1S/C33H47N11O4S/c1-40(2)21-19-34-29(23-43(45)46)36-27-13-11-25(12-14-27)31-39-42(5)32(49-31)38-33(26-9-7-6-8-10-26)17-15-28(16-18-33)37-30(24-44(47)48)35-20-22-41(3)4/h6-14,23-24,28,34-37H,15-22H2,1-5H3. The molecule has 1 saturated carbocycles. The van der Waals surface area contributed by atoms with Gasteiger partial charge >= 0.3 is 0 Å². The molecule has 0 amide bonds. The fourth-order valence-corrected chi connectivity index (χ4v) is 6.55. The molecule has 0 saturated heterocycles. The Bertz CT molecular complexity index is 1660. The van der Waals surface area contributed by atoms with Crippen molar-refractivity contribution in [1.82, 2.24) is 35.5 Å². The second-order valence-corrected chi connectivity index (χ2v) is 13.5. The van der Waals surface area contributed by atoms with Crippen LogP contribution in [0.5, 0.6) is 0 Å². The molecule has 0 unspecified atom stereocenters. The van der Waals surface area contributed by atoms with Gasteiger partial charge in [-0.2, -0.15) is 5.10 Å². The third-order valence-corrected chi connectivity index (χ3v) is 9.18. The van der Waals surface area contributed by atoms with Gasteiger partial charge in [0.25, 0.3) is 12.4 Å². The Morgan fingerprint density at radius 3 is 2.08 bits per heavy atom. The highest BCUT2D eigenvalue weighted by Gasteiger charge is 2.37. The van der Waals surface area contributed by atoms with E-state index in [9.17, 15) is 20.2 Å². The summed E-state index contributed by atoms with van der Waals surface area (Å²) in [5, 5.41) is 40.8. The van der Waals surface area contributed by atoms with Crippen molar-refractivity contribution in [1.29, 1.82) is 0 Å². The van der Waals surface area contributed by atoms with Crippen molar-refractivity contribution in [2.45, 2.75) is 37.3 Å². The number of aromatic nitrogens is 2. The van der Waals surface area contributed by atoms with Crippen molar-refractivity contribution < 1.29 is 9.85 Å². The van der Waals surface area contributed by atoms with Gasteiger partial charge in [0.15, 0.2) is 11.6 Å². The van der Waals surface area contributed by atoms with Crippen LogP contribution in [0.4, 0.5) is 5.69 Å². The molecular formula is C33H47N11O4S. The molecule has 0 spiro atoms. The first kappa shape index (κ1) is 37.0. The van der Waals surface area contributed by atoms with Crippen molar-refractivity contribution in [3.8, 4) is 10.6 Å². The molecular weight excluding hydrogens is 647 g/mol. The lowest BCUT2D eigenvalue weighted by Gasteiger charge is -2.38. The third kappa shape index (κ3) is 11.4. The van der Waals surface area contributed by atoms with E-state index >= 15 is 0 Å². The zero-order valence-corrected chi connectivity index (χ0v) is 29.6. The third-order valence-electron chi connectivity index (χ3n) is 8.13. The van der Waals surface area contributed by atoms with E-state index in [0.29, 0.717) is 30.4 Å². The van der Waals surface area contributed by atoms with E-state index in [1.807, 2.05) is 87.5 Å². The molecule has 1 heterocycles. The van der Waals surface area contributed by atoms with Crippen LogP contribution >= 0.6 is 11.3 Å². The van der Waals surface area contributed by atoms with Crippen LogP contribution in [0.15, 0.2) is 83.6 Å². The molecule has 1 fully saturated rings. The first-order valence-corrected chi connectivity index (χ1v) is 17.0. The summed E-state index contributed by atoms with van der Waals surface area (Å²) in [6.45, 7) is 2.62. The van der Waals surface area contributed by atoms with Gasteiger partial charge in [0.05, 0.1) is 15.4 Å². The predicted octanol–water partition coefficient (Wildman–Crippen LogP) is 3.34. The number of hydrogen-bond donors (Lipinski definition) is 4. The maximum Gasteiger partial charge on any atom is 0.274 e. The maximum atomic E-state index is 11.3. The summed E-state index contributed by atoms with van der Waals surface area (Å²) in [7, 11) is 9.70. The lowest BCUT2D eigenvalue weighted by atomic mass is 9.75. The Kier molecular flexibility index (Phi) is 13.3. The van der Waals surface area contributed by atoms with Gasteiger partial charge in [0, 0.05) is 50.5 Å². The zero-order valence-electron chi connectivity index (χ0n) is 28.8. The smallest absolute Gasteiger partial charge is 0.274 e. The summed E-state index contributed by atoms with van der Waals surface area (Å²) in [5.41, 5.74) is 2.26. The summed E-state index contributed by atoms with van der Waals surface area (Å²) in [6.07, 6.45) is 5.01. The number of hydrogen-bond acceptors (Lipinski definition) is 13. The van der Waals surface area contributed by atoms with Crippen molar-refractivity contribution in [3.05, 3.63) is 109 Å². The van der Waals surface area contributed by atoms with Gasteiger partial charge in [-0.25, -0.2) is 9.67 Å². The SMILES string of the molecule is CN(C)CCNC(=C[N+](=O)[O-])Nc1ccc(-c2nn(C)c(=NC3(c4ccccc4)CCC(NC(=C[N+](=O)[O-])NCCN(C)C)CC3)s2)cc1. The monoisotopic (exact) mass is 693 g/mol. The zero-order chi connectivity index (χ0) is 35.4. The highest BCUT2D eigenvalue weighted by molar-refractivity contribution is 7.12. The Morgan fingerprint density at radius 1 is 0.939 bits per heavy atom. The Balaban J connectivity index is 1.52. The number of likely N-dealkylation sites (N-methyl/N-ethyl adjacent to an activating group) is 2. The maximum absolute atomic E-state index is 11.3. The summed E-state index contributed by atoms with van der Waals surface area (Å²) in [6, 6.07) is 17.9. The van der Waals surface area contributed by atoms with Crippen LogP contribution in [0.3, 0.4) is 0 Å². The number of anilines is 1. The normalized spacial score (nSPS) is 18.8. The fraction of sp³-hybridized carbons (Fsp3) is 0.455. The Labute approximate surface area is 290 Å². The molecule has 0 bridgehead atoms.